The molecule has 20 heavy (non-hydrogen) atoms. The van der Waals surface area contributed by atoms with Gasteiger partial charge in [0.05, 0.1) is 12.8 Å². The van der Waals surface area contributed by atoms with Crippen LogP contribution in [0.4, 0.5) is 5.69 Å². The van der Waals surface area contributed by atoms with Crippen molar-refractivity contribution in [3.63, 3.8) is 0 Å². The lowest BCUT2D eigenvalue weighted by molar-refractivity contribution is 0.507. The number of hydrogen-bond donors (Lipinski definition) is 1. The first kappa shape index (κ1) is 15.1. The summed E-state index contributed by atoms with van der Waals surface area (Å²) >= 11 is 3.67. The first-order valence-corrected chi connectivity index (χ1v) is 7.67. The highest BCUT2D eigenvalue weighted by Gasteiger charge is 2.11. The van der Waals surface area contributed by atoms with Gasteiger partial charge in [-0.2, -0.15) is 0 Å². The molecule has 1 aromatic heterocycles. The Hall–Kier alpha value is -1.26. The maximum absolute atomic E-state index is 5.39. The minimum atomic E-state index is 0.346. The molecule has 0 spiro atoms. The highest BCUT2D eigenvalue weighted by atomic mass is 79.9. The van der Waals surface area contributed by atoms with Crippen LogP contribution < -0.4 is 10.2 Å². The van der Waals surface area contributed by atoms with E-state index in [1.807, 2.05) is 12.1 Å². The van der Waals surface area contributed by atoms with Gasteiger partial charge in [0.1, 0.15) is 5.76 Å². The van der Waals surface area contributed by atoms with Crippen molar-refractivity contribution in [2.45, 2.75) is 26.4 Å². The van der Waals surface area contributed by atoms with E-state index >= 15 is 0 Å². The van der Waals surface area contributed by atoms with E-state index in [1.54, 1.807) is 6.26 Å². The van der Waals surface area contributed by atoms with Gasteiger partial charge in [-0.3, -0.25) is 0 Å². The molecule has 1 N–H and O–H groups in total. The molecule has 0 aliphatic carbocycles. The normalized spacial score (nSPS) is 12.4. The Balaban J connectivity index is 2.11. The average Bonchev–Trinajstić information content (AvgIpc) is 2.91. The molecule has 2 rings (SSSR count). The Morgan fingerprint density at radius 3 is 2.75 bits per heavy atom. The van der Waals surface area contributed by atoms with Crippen LogP contribution in [0, 0.1) is 0 Å². The van der Waals surface area contributed by atoms with Crippen LogP contribution >= 0.6 is 15.9 Å². The Morgan fingerprint density at radius 1 is 1.35 bits per heavy atom. The fourth-order valence-corrected chi connectivity index (χ4v) is 2.96. The van der Waals surface area contributed by atoms with Crippen LogP contribution in [0.2, 0.25) is 0 Å². The van der Waals surface area contributed by atoms with E-state index in [9.17, 15) is 0 Å². The van der Waals surface area contributed by atoms with Gasteiger partial charge < -0.3 is 14.6 Å². The number of furan rings is 1. The molecule has 0 fully saturated rings. The van der Waals surface area contributed by atoms with Crippen LogP contribution in [-0.2, 0) is 6.54 Å². The van der Waals surface area contributed by atoms with Gasteiger partial charge in [-0.25, -0.2) is 0 Å². The van der Waals surface area contributed by atoms with Gasteiger partial charge >= 0.3 is 0 Å². The van der Waals surface area contributed by atoms with Crippen molar-refractivity contribution < 1.29 is 4.42 Å². The number of nitrogens with zero attached hydrogens (tertiary/aromatic N) is 1. The summed E-state index contributed by atoms with van der Waals surface area (Å²) in [5.41, 5.74) is 2.45. The lowest BCUT2D eigenvalue weighted by Gasteiger charge is -2.21. The predicted molar refractivity (Wildman–Crippen MR) is 87.0 cm³/mol. The summed E-state index contributed by atoms with van der Waals surface area (Å²) in [6.45, 7) is 6.03. The highest BCUT2D eigenvalue weighted by molar-refractivity contribution is 9.10. The van der Waals surface area contributed by atoms with E-state index in [2.05, 4.69) is 65.2 Å². The molecular formula is C16H21BrN2O. The van der Waals surface area contributed by atoms with E-state index in [-0.39, 0.29) is 0 Å². The third-order valence-electron chi connectivity index (χ3n) is 3.37. The molecule has 1 atom stereocenters. The molecule has 0 saturated carbocycles. The Morgan fingerprint density at radius 2 is 2.15 bits per heavy atom. The van der Waals surface area contributed by atoms with Crippen molar-refractivity contribution >= 4 is 21.6 Å². The zero-order valence-corrected chi connectivity index (χ0v) is 13.8. The Bertz CT molecular complexity index is 539. The quantitative estimate of drug-likeness (QED) is 0.849. The molecule has 0 radical (unpaired) electrons. The summed E-state index contributed by atoms with van der Waals surface area (Å²) < 4.78 is 6.52. The van der Waals surface area contributed by atoms with Crippen molar-refractivity contribution in [3.8, 4) is 0 Å². The number of hydrogen-bond acceptors (Lipinski definition) is 3. The molecule has 1 aromatic carbocycles. The second-order valence-electron chi connectivity index (χ2n) is 4.92. The molecule has 3 nitrogen and oxygen atoms in total. The SMILES string of the molecule is CCNC(C)c1ccc(N(C)Cc2ccco2)cc1Br. The molecule has 0 amide bonds. The Labute approximate surface area is 129 Å². The monoisotopic (exact) mass is 336 g/mol. The highest BCUT2D eigenvalue weighted by Crippen LogP contribution is 2.28. The molecule has 0 aliphatic heterocycles. The number of halogens is 1. The number of anilines is 1. The second-order valence-corrected chi connectivity index (χ2v) is 5.77. The summed E-state index contributed by atoms with van der Waals surface area (Å²) in [4.78, 5) is 2.17. The zero-order valence-electron chi connectivity index (χ0n) is 12.2. The van der Waals surface area contributed by atoms with Gasteiger partial charge in [-0.05, 0) is 43.3 Å². The molecule has 0 aliphatic rings. The number of benzene rings is 1. The van der Waals surface area contributed by atoms with Crippen molar-refractivity contribution in [2.75, 3.05) is 18.5 Å². The zero-order chi connectivity index (χ0) is 14.5. The minimum absolute atomic E-state index is 0.346. The van der Waals surface area contributed by atoms with E-state index in [1.165, 1.54) is 11.3 Å². The molecule has 0 saturated heterocycles. The summed E-state index contributed by atoms with van der Waals surface area (Å²) in [5, 5.41) is 3.43. The van der Waals surface area contributed by atoms with E-state index < -0.39 is 0 Å². The predicted octanol–water partition coefficient (Wildman–Crippen LogP) is 4.35. The number of rotatable bonds is 6. The summed E-state index contributed by atoms with van der Waals surface area (Å²) in [6, 6.07) is 10.7. The first-order valence-electron chi connectivity index (χ1n) is 6.88. The van der Waals surface area contributed by atoms with Gasteiger partial charge in [-0.15, -0.1) is 0 Å². The molecule has 108 valence electrons. The largest absolute Gasteiger partial charge is 0.467 e. The first-order chi connectivity index (χ1) is 9.61. The molecule has 0 bridgehead atoms. The van der Waals surface area contributed by atoms with Crippen molar-refractivity contribution in [1.29, 1.82) is 0 Å². The second kappa shape index (κ2) is 6.95. The van der Waals surface area contributed by atoms with Crippen LogP contribution in [0.1, 0.15) is 31.2 Å². The van der Waals surface area contributed by atoms with Gasteiger partial charge in [0.2, 0.25) is 0 Å². The summed E-state index contributed by atoms with van der Waals surface area (Å²) in [6.07, 6.45) is 1.71. The lowest BCUT2D eigenvalue weighted by atomic mass is 10.1. The lowest BCUT2D eigenvalue weighted by Crippen LogP contribution is -2.19. The average molecular weight is 337 g/mol. The van der Waals surface area contributed by atoms with Crippen LogP contribution in [0.25, 0.3) is 0 Å². The maximum Gasteiger partial charge on any atom is 0.123 e. The van der Waals surface area contributed by atoms with Crippen LogP contribution in [-0.4, -0.2) is 13.6 Å². The fraction of sp³-hybridized carbons (Fsp3) is 0.375. The molecule has 2 aromatic rings. The third-order valence-corrected chi connectivity index (χ3v) is 4.06. The number of nitrogens with one attached hydrogen (secondary N) is 1. The van der Waals surface area contributed by atoms with Gasteiger partial charge in [0.15, 0.2) is 0 Å². The smallest absolute Gasteiger partial charge is 0.123 e. The van der Waals surface area contributed by atoms with Gasteiger partial charge in [-0.1, -0.05) is 28.9 Å². The summed E-state index contributed by atoms with van der Waals surface area (Å²) in [7, 11) is 2.07. The Kier molecular flexibility index (Phi) is 5.26. The molecule has 4 heteroatoms. The fourth-order valence-electron chi connectivity index (χ4n) is 2.25. The van der Waals surface area contributed by atoms with E-state index in [0.29, 0.717) is 6.04 Å². The van der Waals surface area contributed by atoms with Crippen LogP contribution in [0.3, 0.4) is 0 Å². The van der Waals surface area contributed by atoms with Crippen LogP contribution in [0.15, 0.2) is 45.5 Å². The molecular weight excluding hydrogens is 316 g/mol. The van der Waals surface area contributed by atoms with Gasteiger partial charge in [0.25, 0.3) is 0 Å². The molecule has 1 unspecified atom stereocenters. The summed E-state index contributed by atoms with van der Waals surface area (Å²) in [5.74, 6) is 0.966. The standard InChI is InChI=1S/C16H21BrN2O/c1-4-18-12(2)15-8-7-13(10-16(15)17)19(3)11-14-6-5-9-20-14/h5-10,12,18H,4,11H2,1-3H3. The van der Waals surface area contributed by atoms with E-state index in [4.69, 9.17) is 4.42 Å². The van der Waals surface area contributed by atoms with Crippen LogP contribution in [0.5, 0.6) is 0 Å². The maximum atomic E-state index is 5.39. The van der Waals surface area contributed by atoms with Crippen molar-refractivity contribution in [2.24, 2.45) is 0 Å². The third kappa shape index (κ3) is 3.64. The van der Waals surface area contributed by atoms with Gasteiger partial charge in [0, 0.05) is 23.2 Å². The van der Waals surface area contributed by atoms with E-state index in [0.717, 1.165) is 23.3 Å². The molecule has 1 heterocycles. The topological polar surface area (TPSA) is 28.4 Å². The minimum Gasteiger partial charge on any atom is -0.467 e. The van der Waals surface area contributed by atoms with Crippen molar-refractivity contribution in [1.82, 2.24) is 5.32 Å². The van der Waals surface area contributed by atoms with Crippen molar-refractivity contribution in [3.05, 3.63) is 52.4 Å².